The van der Waals surface area contributed by atoms with Crippen molar-refractivity contribution in [1.29, 1.82) is 0 Å². The summed E-state index contributed by atoms with van der Waals surface area (Å²) in [5, 5.41) is 0.177. The Balaban J connectivity index is 1.89. The minimum absolute atomic E-state index is 0.0684. The Kier molecular flexibility index (Phi) is 6.34. The van der Waals surface area contributed by atoms with E-state index in [0.29, 0.717) is 13.0 Å². The lowest BCUT2D eigenvalue weighted by Gasteiger charge is -2.17. The van der Waals surface area contributed by atoms with Crippen LogP contribution in [0.5, 0.6) is 0 Å². The highest BCUT2D eigenvalue weighted by Gasteiger charge is 2.20. The molecule has 24 heavy (non-hydrogen) atoms. The lowest BCUT2D eigenvalue weighted by Crippen LogP contribution is -2.30. The second-order valence-corrected chi connectivity index (χ2v) is 7.90. The maximum Gasteiger partial charge on any atom is 0.223 e. The van der Waals surface area contributed by atoms with Crippen molar-refractivity contribution in [2.24, 2.45) is 0 Å². The zero-order valence-electron chi connectivity index (χ0n) is 13.4. The number of hydrogen-bond donors (Lipinski definition) is 0. The third kappa shape index (κ3) is 5.04. The van der Waals surface area contributed by atoms with Crippen LogP contribution in [0.2, 0.25) is 5.02 Å². The normalized spacial score (nSPS) is 11.2. The topological polar surface area (TPSA) is 67.3 Å². The van der Waals surface area contributed by atoms with Crippen LogP contribution in [-0.2, 0) is 21.1 Å². The number of hydrogen-bond acceptors (Lipinski definition) is 4. The molecule has 0 aliphatic heterocycles. The van der Waals surface area contributed by atoms with Gasteiger partial charge < -0.3 is 4.90 Å². The largest absolute Gasteiger partial charge is 0.345 e. The van der Waals surface area contributed by atoms with Gasteiger partial charge >= 0.3 is 0 Å². The van der Waals surface area contributed by atoms with Gasteiger partial charge in [-0.05, 0) is 36.2 Å². The Morgan fingerprint density at radius 3 is 2.50 bits per heavy atom. The van der Waals surface area contributed by atoms with Crippen LogP contribution >= 0.6 is 11.6 Å². The number of pyridine rings is 1. The summed E-state index contributed by atoms with van der Waals surface area (Å²) in [6, 6.07) is 10.0. The molecule has 0 unspecified atom stereocenters. The highest BCUT2D eigenvalue weighted by atomic mass is 35.5. The maximum absolute atomic E-state index is 12.3. The molecule has 128 valence electrons. The van der Waals surface area contributed by atoms with Gasteiger partial charge in [-0.1, -0.05) is 23.7 Å². The second-order valence-electron chi connectivity index (χ2n) is 5.42. The summed E-state index contributed by atoms with van der Waals surface area (Å²) in [5.41, 5.74) is 1.08. The van der Waals surface area contributed by atoms with Crippen LogP contribution in [0.15, 0.2) is 53.7 Å². The van der Waals surface area contributed by atoms with Gasteiger partial charge in [-0.3, -0.25) is 9.78 Å². The van der Waals surface area contributed by atoms with Crippen molar-refractivity contribution in [2.75, 3.05) is 19.3 Å². The number of halogens is 1. The number of carbonyl (C=O) groups excluding carboxylic acids is 1. The van der Waals surface area contributed by atoms with Crippen molar-refractivity contribution >= 4 is 27.3 Å². The molecular weight excluding hydrogens is 348 g/mol. The Morgan fingerprint density at radius 1 is 1.17 bits per heavy atom. The third-order valence-electron chi connectivity index (χ3n) is 3.67. The Morgan fingerprint density at radius 2 is 1.83 bits per heavy atom. The standard InChI is InChI=1S/C17H19ClN2O3S/c1-20(12-8-14-6-10-19-11-7-14)17(21)9-13-24(22,23)16-5-3-2-4-15(16)18/h2-7,10-11H,8-9,12-13H2,1H3. The molecular formula is C17H19ClN2O3S. The fraction of sp³-hybridized carbons (Fsp3) is 0.294. The molecule has 0 bridgehead atoms. The van der Waals surface area contributed by atoms with E-state index in [0.717, 1.165) is 5.56 Å². The van der Waals surface area contributed by atoms with Crippen molar-refractivity contribution in [3.63, 3.8) is 0 Å². The fourth-order valence-electron chi connectivity index (χ4n) is 2.19. The summed E-state index contributed by atoms with van der Waals surface area (Å²) in [4.78, 5) is 17.7. The van der Waals surface area contributed by atoms with E-state index >= 15 is 0 Å². The lowest BCUT2D eigenvalue weighted by atomic mass is 10.2. The first-order valence-corrected chi connectivity index (χ1v) is 9.53. The summed E-state index contributed by atoms with van der Waals surface area (Å²) in [7, 11) is -1.90. The van der Waals surface area contributed by atoms with Crippen molar-refractivity contribution in [3.05, 3.63) is 59.4 Å². The van der Waals surface area contributed by atoms with E-state index in [1.807, 2.05) is 12.1 Å². The van der Waals surface area contributed by atoms with Gasteiger partial charge in [0, 0.05) is 32.4 Å². The number of aromatic nitrogens is 1. The SMILES string of the molecule is CN(CCc1ccncc1)C(=O)CCS(=O)(=O)c1ccccc1Cl. The molecule has 1 amide bonds. The van der Waals surface area contributed by atoms with Crippen LogP contribution in [0.4, 0.5) is 0 Å². The van der Waals surface area contributed by atoms with Crippen LogP contribution in [0.25, 0.3) is 0 Å². The molecule has 0 aliphatic carbocycles. The van der Waals surface area contributed by atoms with E-state index in [1.54, 1.807) is 36.5 Å². The zero-order chi connectivity index (χ0) is 17.6. The molecule has 0 fully saturated rings. The van der Waals surface area contributed by atoms with E-state index in [-0.39, 0.29) is 28.0 Å². The van der Waals surface area contributed by atoms with Gasteiger partial charge in [0.25, 0.3) is 0 Å². The number of nitrogens with zero attached hydrogens (tertiary/aromatic N) is 2. The van der Waals surface area contributed by atoms with Crippen LogP contribution in [-0.4, -0.2) is 43.6 Å². The molecule has 2 rings (SSSR count). The first-order valence-electron chi connectivity index (χ1n) is 7.50. The highest BCUT2D eigenvalue weighted by Crippen LogP contribution is 2.22. The van der Waals surface area contributed by atoms with Crippen molar-refractivity contribution in [1.82, 2.24) is 9.88 Å². The molecule has 7 heteroatoms. The highest BCUT2D eigenvalue weighted by molar-refractivity contribution is 7.91. The number of likely N-dealkylation sites (N-methyl/N-ethyl adjacent to an activating group) is 1. The van der Waals surface area contributed by atoms with E-state index in [1.165, 1.54) is 12.1 Å². The monoisotopic (exact) mass is 366 g/mol. The van der Waals surface area contributed by atoms with Crippen LogP contribution < -0.4 is 0 Å². The number of amides is 1. The fourth-order valence-corrected chi connectivity index (χ4v) is 3.99. The molecule has 1 heterocycles. The third-order valence-corrected chi connectivity index (χ3v) is 5.88. The van der Waals surface area contributed by atoms with E-state index in [2.05, 4.69) is 4.98 Å². The molecule has 0 saturated carbocycles. The van der Waals surface area contributed by atoms with Gasteiger partial charge in [0.15, 0.2) is 9.84 Å². The van der Waals surface area contributed by atoms with E-state index < -0.39 is 9.84 Å². The van der Waals surface area contributed by atoms with Crippen LogP contribution in [0.1, 0.15) is 12.0 Å². The Bertz CT molecular complexity index is 794. The van der Waals surface area contributed by atoms with E-state index in [4.69, 9.17) is 11.6 Å². The summed E-state index contributed by atoms with van der Waals surface area (Å²) < 4.78 is 24.6. The Hall–Kier alpha value is -1.92. The minimum Gasteiger partial charge on any atom is -0.345 e. The second kappa shape index (κ2) is 8.26. The number of sulfone groups is 1. The van der Waals surface area contributed by atoms with Gasteiger partial charge in [-0.2, -0.15) is 0 Å². The molecule has 0 aliphatic rings. The minimum atomic E-state index is -3.57. The lowest BCUT2D eigenvalue weighted by molar-refractivity contribution is -0.129. The predicted octanol–water partition coefficient (Wildman–Crippen LogP) is 2.60. The van der Waals surface area contributed by atoms with Gasteiger partial charge in [0.2, 0.25) is 5.91 Å². The van der Waals surface area contributed by atoms with E-state index in [9.17, 15) is 13.2 Å². The average Bonchev–Trinajstić information content (AvgIpc) is 2.58. The maximum atomic E-state index is 12.3. The molecule has 2 aromatic rings. The molecule has 1 aromatic heterocycles. The first kappa shape index (κ1) is 18.4. The van der Waals surface area contributed by atoms with Gasteiger partial charge in [-0.25, -0.2) is 8.42 Å². The van der Waals surface area contributed by atoms with Crippen LogP contribution in [0.3, 0.4) is 0 Å². The van der Waals surface area contributed by atoms with Gasteiger partial charge in [0.1, 0.15) is 0 Å². The number of rotatable bonds is 7. The van der Waals surface area contributed by atoms with Crippen LogP contribution in [0, 0.1) is 0 Å². The molecule has 0 spiro atoms. The summed E-state index contributed by atoms with van der Waals surface area (Å²) >= 11 is 5.92. The average molecular weight is 367 g/mol. The molecule has 0 saturated heterocycles. The molecule has 0 atom stereocenters. The quantitative estimate of drug-likeness (QED) is 0.755. The van der Waals surface area contributed by atoms with Gasteiger partial charge in [-0.15, -0.1) is 0 Å². The summed E-state index contributed by atoms with van der Waals surface area (Å²) in [6.45, 7) is 0.523. The van der Waals surface area contributed by atoms with Crippen molar-refractivity contribution in [3.8, 4) is 0 Å². The number of benzene rings is 1. The van der Waals surface area contributed by atoms with Crippen molar-refractivity contribution in [2.45, 2.75) is 17.7 Å². The summed E-state index contributed by atoms with van der Waals surface area (Å²) in [5.74, 6) is -0.463. The van der Waals surface area contributed by atoms with Crippen molar-refractivity contribution < 1.29 is 13.2 Å². The zero-order valence-corrected chi connectivity index (χ0v) is 14.9. The first-order chi connectivity index (χ1) is 11.4. The summed E-state index contributed by atoms with van der Waals surface area (Å²) in [6.07, 6.45) is 4.03. The molecule has 0 N–H and O–H groups in total. The number of carbonyl (C=O) groups is 1. The molecule has 1 aromatic carbocycles. The molecule has 5 nitrogen and oxygen atoms in total. The van der Waals surface area contributed by atoms with Gasteiger partial charge in [0.05, 0.1) is 15.7 Å². The predicted molar refractivity (Wildman–Crippen MR) is 93.7 cm³/mol. The Labute approximate surface area is 147 Å². The molecule has 0 radical (unpaired) electrons. The smallest absolute Gasteiger partial charge is 0.223 e.